The largest absolute Gasteiger partial charge is 0.377 e. The van der Waals surface area contributed by atoms with Crippen LogP contribution in [-0.2, 0) is 14.1 Å². The minimum atomic E-state index is -0.990. The van der Waals surface area contributed by atoms with Gasteiger partial charge in [-0.25, -0.2) is 0 Å². The van der Waals surface area contributed by atoms with Gasteiger partial charge in [0.05, 0.1) is 5.92 Å². The fourth-order valence-corrected chi connectivity index (χ4v) is 3.14. The highest BCUT2D eigenvalue weighted by Gasteiger charge is 2.37. The summed E-state index contributed by atoms with van der Waals surface area (Å²) < 4.78 is 11.3. The highest BCUT2D eigenvalue weighted by atomic mass is 31.1. The Morgan fingerprint density at radius 1 is 1.52 bits per heavy atom. The van der Waals surface area contributed by atoms with Crippen LogP contribution in [0.2, 0.25) is 0 Å². The lowest BCUT2D eigenvalue weighted by molar-refractivity contribution is -0.124. The predicted octanol–water partition coefficient (Wildman–Crippen LogP) is 3.63. The molecular formula is C16H26BO3P. The highest BCUT2D eigenvalue weighted by Crippen LogP contribution is 2.35. The summed E-state index contributed by atoms with van der Waals surface area (Å²) in [6.07, 6.45) is 7.06. The van der Waals surface area contributed by atoms with Crippen LogP contribution in [0.25, 0.3) is 0 Å². The van der Waals surface area contributed by atoms with Gasteiger partial charge in [0.15, 0.2) is 5.78 Å². The van der Waals surface area contributed by atoms with Crippen LogP contribution in [-0.4, -0.2) is 39.3 Å². The summed E-state index contributed by atoms with van der Waals surface area (Å²) in [6, 6.07) is 0. The van der Waals surface area contributed by atoms with Gasteiger partial charge < -0.3 is 9.26 Å². The van der Waals surface area contributed by atoms with Gasteiger partial charge in [0.1, 0.15) is 19.8 Å². The Morgan fingerprint density at radius 3 is 2.71 bits per heavy atom. The lowest BCUT2D eigenvalue weighted by atomic mass is 9.82. The van der Waals surface area contributed by atoms with E-state index in [0.29, 0.717) is 5.92 Å². The topological polar surface area (TPSA) is 35.5 Å². The Balaban J connectivity index is 2.86. The lowest BCUT2D eigenvalue weighted by Gasteiger charge is -2.34. The molecule has 3 nitrogen and oxygen atoms in total. The molecule has 0 aromatic rings. The fraction of sp³-hybridized carbons (Fsp3) is 0.688. The van der Waals surface area contributed by atoms with Crippen LogP contribution in [0, 0.1) is 11.8 Å². The smallest absolute Gasteiger partial charge is 0.165 e. The third-order valence-electron chi connectivity index (χ3n) is 3.67. The van der Waals surface area contributed by atoms with Crippen LogP contribution in [0.1, 0.15) is 33.6 Å². The normalized spacial score (nSPS) is 28.2. The van der Waals surface area contributed by atoms with Gasteiger partial charge in [-0.15, -0.1) is 0 Å². The minimum absolute atomic E-state index is 0.0810. The third-order valence-corrected chi connectivity index (χ3v) is 4.25. The van der Waals surface area contributed by atoms with Crippen molar-refractivity contribution < 1.29 is 14.1 Å². The van der Waals surface area contributed by atoms with Crippen molar-refractivity contribution in [3.63, 3.8) is 0 Å². The standard InChI is InChI=1S/C16H26BO3P/c1-11(2)7-6-8-12(3)15-13(18)9-10-14(16(15)19-4)20-21(5)17/h8-11,14-16H,6-7H2,1-5H3/b12-8+/t14-,15-,16-,21?/m1/s1. The van der Waals surface area contributed by atoms with Crippen molar-refractivity contribution in [2.24, 2.45) is 11.8 Å². The minimum Gasteiger partial charge on any atom is -0.377 e. The molecular weight excluding hydrogens is 282 g/mol. The molecule has 0 aromatic heterocycles. The SMILES string of the molecule is [B]P(C)O[C@@H]1C=CC(=O)[C@@H](/C(C)=C/CCC(C)C)[C@@H]1OC. The van der Waals surface area contributed by atoms with Crippen LogP contribution in [0.3, 0.4) is 0 Å². The molecule has 21 heavy (non-hydrogen) atoms. The average Bonchev–Trinajstić information content (AvgIpc) is 2.39. The van der Waals surface area contributed by atoms with E-state index in [1.807, 2.05) is 13.6 Å². The molecule has 5 heteroatoms. The number of hydrogen-bond donors (Lipinski definition) is 0. The first-order valence-corrected chi connectivity index (χ1v) is 9.21. The van der Waals surface area contributed by atoms with Gasteiger partial charge in [0.2, 0.25) is 0 Å². The van der Waals surface area contributed by atoms with Crippen molar-refractivity contribution in [1.29, 1.82) is 0 Å². The molecule has 0 N–H and O–H groups in total. The van der Waals surface area contributed by atoms with Crippen molar-refractivity contribution in [3.8, 4) is 0 Å². The summed E-state index contributed by atoms with van der Waals surface area (Å²) in [7, 11) is 6.39. The summed E-state index contributed by atoms with van der Waals surface area (Å²) in [6.45, 7) is 8.24. The van der Waals surface area contributed by atoms with Gasteiger partial charge in [-0.1, -0.05) is 25.5 Å². The Hall–Kier alpha value is -0.435. The van der Waals surface area contributed by atoms with E-state index in [-0.39, 0.29) is 23.9 Å². The first-order valence-electron chi connectivity index (χ1n) is 7.43. The predicted molar refractivity (Wildman–Crippen MR) is 89.7 cm³/mol. The molecule has 1 unspecified atom stereocenters. The van der Waals surface area contributed by atoms with E-state index in [2.05, 4.69) is 19.9 Å². The van der Waals surface area contributed by atoms with Crippen molar-refractivity contribution >= 4 is 21.4 Å². The second-order valence-corrected chi connectivity index (χ2v) is 7.28. The third kappa shape index (κ3) is 5.69. The quantitative estimate of drug-likeness (QED) is 0.409. The second-order valence-electron chi connectivity index (χ2n) is 5.98. The molecule has 4 atom stereocenters. The maximum atomic E-state index is 12.2. The summed E-state index contributed by atoms with van der Waals surface area (Å²) in [5.41, 5.74) is 1.06. The van der Waals surface area contributed by atoms with E-state index < -0.39 is 8.03 Å². The van der Waals surface area contributed by atoms with E-state index in [9.17, 15) is 4.79 Å². The molecule has 0 spiro atoms. The maximum absolute atomic E-state index is 12.2. The fourth-order valence-electron chi connectivity index (χ4n) is 2.57. The molecule has 0 amide bonds. The summed E-state index contributed by atoms with van der Waals surface area (Å²) >= 11 is 0. The number of carbonyl (C=O) groups is 1. The molecule has 2 radical (unpaired) electrons. The zero-order valence-electron chi connectivity index (χ0n) is 13.7. The Labute approximate surface area is 131 Å². The summed E-state index contributed by atoms with van der Waals surface area (Å²) in [5, 5.41) is 0. The van der Waals surface area contributed by atoms with Crippen molar-refractivity contribution in [2.45, 2.75) is 45.8 Å². The molecule has 116 valence electrons. The number of ketones is 1. The Kier molecular flexibility index (Phi) is 7.87. The van der Waals surface area contributed by atoms with E-state index in [1.165, 1.54) is 0 Å². The average molecular weight is 308 g/mol. The molecule has 0 aromatic carbocycles. The van der Waals surface area contributed by atoms with Crippen molar-refractivity contribution in [3.05, 3.63) is 23.8 Å². The summed E-state index contributed by atoms with van der Waals surface area (Å²) in [4.78, 5) is 12.2. The van der Waals surface area contributed by atoms with Crippen LogP contribution in [0.5, 0.6) is 0 Å². The van der Waals surface area contributed by atoms with E-state index in [1.54, 1.807) is 19.3 Å². The summed E-state index contributed by atoms with van der Waals surface area (Å²) in [5.74, 6) is 0.468. The van der Waals surface area contributed by atoms with Gasteiger partial charge in [-0.05, 0) is 52.5 Å². The number of rotatable bonds is 7. The molecule has 1 aliphatic carbocycles. The van der Waals surface area contributed by atoms with E-state index in [0.717, 1.165) is 18.4 Å². The Morgan fingerprint density at radius 2 is 2.19 bits per heavy atom. The van der Waals surface area contributed by atoms with Gasteiger partial charge in [-0.2, -0.15) is 0 Å². The van der Waals surface area contributed by atoms with Gasteiger partial charge in [0, 0.05) is 7.11 Å². The van der Waals surface area contributed by atoms with Crippen LogP contribution in [0.15, 0.2) is 23.8 Å². The first-order chi connectivity index (χ1) is 9.86. The number of hydrogen-bond acceptors (Lipinski definition) is 3. The van der Waals surface area contributed by atoms with Crippen molar-refractivity contribution in [2.75, 3.05) is 13.8 Å². The van der Waals surface area contributed by atoms with Gasteiger partial charge in [0.25, 0.3) is 0 Å². The van der Waals surface area contributed by atoms with E-state index in [4.69, 9.17) is 16.8 Å². The van der Waals surface area contributed by atoms with Gasteiger partial charge >= 0.3 is 0 Å². The van der Waals surface area contributed by atoms with Crippen LogP contribution < -0.4 is 0 Å². The number of methoxy groups -OCH3 is 1. The van der Waals surface area contributed by atoms with E-state index >= 15 is 0 Å². The molecule has 0 bridgehead atoms. The van der Waals surface area contributed by atoms with Crippen molar-refractivity contribution in [1.82, 2.24) is 0 Å². The monoisotopic (exact) mass is 308 g/mol. The van der Waals surface area contributed by atoms with Crippen LogP contribution in [0.4, 0.5) is 0 Å². The second kappa shape index (κ2) is 8.87. The molecule has 1 rings (SSSR count). The zero-order valence-corrected chi connectivity index (χ0v) is 14.6. The first kappa shape index (κ1) is 18.6. The zero-order chi connectivity index (χ0) is 16.0. The number of allylic oxidation sites excluding steroid dienone is 2. The highest BCUT2D eigenvalue weighted by molar-refractivity contribution is 7.77. The number of ether oxygens (including phenoxy) is 1. The lowest BCUT2D eigenvalue weighted by Crippen LogP contribution is -2.42. The molecule has 0 heterocycles. The molecule has 0 saturated carbocycles. The Bertz CT molecular complexity index is 404. The molecule has 1 aliphatic rings. The molecule has 0 aliphatic heterocycles. The molecule has 0 saturated heterocycles. The maximum Gasteiger partial charge on any atom is 0.165 e. The van der Waals surface area contributed by atoms with Crippen LogP contribution >= 0.6 is 8.03 Å². The molecule has 0 fully saturated rings. The number of carbonyl (C=O) groups excluding carboxylic acids is 1. The van der Waals surface area contributed by atoms with Gasteiger partial charge in [-0.3, -0.25) is 4.79 Å².